The summed E-state index contributed by atoms with van der Waals surface area (Å²) < 4.78 is 0. The molecule has 4 aromatic rings. The lowest BCUT2D eigenvalue weighted by Crippen LogP contribution is -2.50. The predicted octanol–water partition coefficient (Wildman–Crippen LogP) is 3.96. The molecule has 0 saturated carbocycles. The first-order chi connectivity index (χ1) is 15.2. The maximum atomic E-state index is 12.8. The van der Waals surface area contributed by atoms with E-state index in [-0.39, 0.29) is 11.8 Å². The Morgan fingerprint density at radius 1 is 0.871 bits per heavy atom. The van der Waals surface area contributed by atoms with Gasteiger partial charge in [-0.2, -0.15) is 0 Å². The Bertz CT molecular complexity index is 1200. The predicted molar refractivity (Wildman–Crippen MR) is 122 cm³/mol. The Kier molecular flexibility index (Phi) is 5.20. The minimum Gasteiger partial charge on any atom is -0.361 e. The average Bonchev–Trinajstić information content (AvgIpc) is 3.43. The number of aryl methyl sites for hydroxylation is 1. The second-order valence-corrected chi connectivity index (χ2v) is 8.16. The third-order valence-electron chi connectivity index (χ3n) is 6.19. The second-order valence-electron chi connectivity index (χ2n) is 8.16. The SMILES string of the molecule is O=C(CCCc1c[nH]c2ccccc12)N1CCN(C(=O)c2cc3ccccc3[nH]2)CC1. The number of rotatable bonds is 5. The van der Waals surface area contributed by atoms with E-state index in [1.807, 2.05) is 58.5 Å². The summed E-state index contributed by atoms with van der Waals surface area (Å²) in [5.41, 5.74) is 3.98. The molecule has 0 atom stereocenters. The number of carbonyl (C=O) groups excluding carboxylic acids is 2. The summed E-state index contributed by atoms with van der Waals surface area (Å²) in [6.45, 7) is 2.33. The van der Waals surface area contributed by atoms with Crippen molar-refractivity contribution in [3.05, 3.63) is 72.1 Å². The number of piperazine rings is 1. The van der Waals surface area contributed by atoms with E-state index in [2.05, 4.69) is 22.1 Å². The van der Waals surface area contributed by atoms with Crippen LogP contribution < -0.4 is 0 Å². The van der Waals surface area contributed by atoms with Crippen LogP contribution in [-0.4, -0.2) is 57.8 Å². The molecular formula is C25H26N4O2. The number of aromatic nitrogens is 2. The lowest BCUT2D eigenvalue weighted by molar-refractivity contribution is -0.132. The van der Waals surface area contributed by atoms with Gasteiger partial charge >= 0.3 is 0 Å². The molecule has 0 spiro atoms. The molecular weight excluding hydrogens is 388 g/mol. The van der Waals surface area contributed by atoms with Crippen molar-refractivity contribution in [2.45, 2.75) is 19.3 Å². The number of carbonyl (C=O) groups is 2. The largest absolute Gasteiger partial charge is 0.361 e. The van der Waals surface area contributed by atoms with Gasteiger partial charge < -0.3 is 19.8 Å². The van der Waals surface area contributed by atoms with E-state index in [1.54, 1.807) is 0 Å². The Morgan fingerprint density at radius 3 is 2.39 bits per heavy atom. The molecule has 2 aromatic heterocycles. The van der Waals surface area contributed by atoms with Gasteiger partial charge in [-0.05, 0) is 36.6 Å². The molecule has 2 N–H and O–H groups in total. The number of amides is 2. The summed E-state index contributed by atoms with van der Waals surface area (Å²) in [5.74, 6) is 0.181. The van der Waals surface area contributed by atoms with Crippen molar-refractivity contribution in [3.63, 3.8) is 0 Å². The normalized spacial score (nSPS) is 14.5. The number of hydrogen-bond donors (Lipinski definition) is 2. The summed E-state index contributed by atoms with van der Waals surface area (Å²) in [5, 5.41) is 2.27. The number of hydrogen-bond acceptors (Lipinski definition) is 2. The molecule has 2 amide bonds. The van der Waals surface area contributed by atoms with Crippen molar-refractivity contribution in [2.24, 2.45) is 0 Å². The van der Waals surface area contributed by atoms with Gasteiger partial charge in [0.25, 0.3) is 5.91 Å². The first-order valence-corrected chi connectivity index (χ1v) is 10.9. The number of nitrogens with one attached hydrogen (secondary N) is 2. The van der Waals surface area contributed by atoms with E-state index in [1.165, 1.54) is 10.9 Å². The zero-order valence-corrected chi connectivity index (χ0v) is 17.4. The Balaban J connectivity index is 1.12. The van der Waals surface area contributed by atoms with Crippen LogP contribution in [0, 0.1) is 0 Å². The van der Waals surface area contributed by atoms with Gasteiger partial charge in [-0.25, -0.2) is 0 Å². The first kappa shape index (κ1) is 19.4. The number of nitrogens with zero attached hydrogens (tertiary/aromatic N) is 2. The van der Waals surface area contributed by atoms with Crippen LogP contribution in [0.1, 0.15) is 28.9 Å². The number of benzene rings is 2. The summed E-state index contributed by atoms with van der Waals surface area (Å²) in [7, 11) is 0. The molecule has 5 rings (SSSR count). The maximum absolute atomic E-state index is 12.8. The molecule has 0 bridgehead atoms. The highest BCUT2D eigenvalue weighted by molar-refractivity contribution is 5.98. The molecule has 1 saturated heterocycles. The van der Waals surface area contributed by atoms with Crippen LogP contribution in [0.2, 0.25) is 0 Å². The summed E-state index contributed by atoms with van der Waals surface area (Å²) >= 11 is 0. The Labute approximate surface area is 180 Å². The van der Waals surface area contributed by atoms with Crippen LogP contribution in [-0.2, 0) is 11.2 Å². The van der Waals surface area contributed by atoms with Gasteiger partial charge in [-0.3, -0.25) is 9.59 Å². The summed E-state index contributed by atoms with van der Waals surface area (Å²) in [6, 6.07) is 18.0. The highest BCUT2D eigenvalue weighted by Gasteiger charge is 2.25. The van der Waals surface area contributed by atoms with Gasteiger partial charge in [0, 0.05) is 60.6 Å². The van der Waals surface area contributed by atoms with Crippen molar-refractivity contribution in [3.8, 4) is 0 Å². The Hall–Kier alpha value is -3.54. The maximum Gasteiger partial charge on any atom is 0.270 e. The van der Waals surface area contributed by atoms with Crippen molar-refractivity contribution in [1.82, 2.24) is 19.8 Å². The van der Waals surface area contributed by atoms with Crippen LogP contribution in [0.3, 0.4) is 0 Å². The van der Waals surface area contributed by atoms with Crippen molar-refractivity contribution >= 4 is 33.6 Å². The number of aromatic amines is 2. The Morgan fingerprint density at radius 2 is 1.58 bits per heavy atom. The van der Waals surface area contributed by atoms with Crippen molar-refractivity contribution in [2.75, 3.05) is 26.2 Å². The topological polar surface area (TPSA) is 72.2 Å². The third kappa shape index (κ3) is 3.93. The average molecular weight is 415 g/mol. The molecule has 158 valence electrons. The molecule has 3 heterocycles. The van der Waals surface area contributed by atoms with Gasteiger partial charge in [-0.15, -0.1) is 0 Å². The molecule has 6 nitrogen and oxygen atoms in total. The first-order valence-electron chi connectivity index (χ1n) is 10.9. The number of H-pyrrole nitrogens is 2. The van der Waals surface area contributed by atoms with Crippen LogP contribution in [0.5, 0.6) is 0 Å². The minimum atomic E-state index is 0.00244. The molecule has 0 unspecified atom stereocenters. The number of fused-ring (bicyclic) bond motifs is 2. The molecule has 0 radical (unpaired) electrons. The van der Waals surface area contributed by atoms with Gasteiger partial charge in [0.2, 0.25) is 5.91 Å². The minimum absolute atomic E-state index is 0.00244. The van der Waals surface area contributed by atoms with E-state index in [0.717, 1.165) is 29.3 Å². The summed E-state index contributed by atoms with van der Waals surface area (Å²) in [6.07, 6.45) is 4.29. The van der Waals surface area contributed by atoms with Gasteiger partial charge in [-0.1, -0.05) is 36.4 Å². The van der Waals surface area contributed by atoms with Crippen LogP contribution >= 0.6 is 0 Å². The monoisotopic (exact) mass is 414 g/mol. The third-order valence-corrected chi connectivity index (χ3v) is 6.19. The van der Waals surface area contributed by atoms with Crippen LogP contribution in [0.4, 0.5) is 0 Å². The van der Waals surface area contributed by atoms with E-state index in [4.69, 9.17) is 0 Å². The van der Waals surface area contributed by atoms with Crippen molar-refractivity contribution < 1.29 is 9.59 Å². The van der Waals surface area contributed by atoms with E-state index < -0.39 is 0 Å². The zero-order valence-electron chi connectivity index (χ0n) is 17.4. The van der Waals surface area contributed by atoms with Crippen LogP contribution in [0.15, 0.2) is 60.8 Å². The van der Waals surface area contributed by atoms with E-state index in [0.29, 0.717) is 38.3 Å². The molecule has 1 aliphatic rings. The van der Waals surface area contributed by atoms with Gasteiger partial charge in [0.15, 0.2) is 0 Å². The van der Waals surface area contributed by atoms with E-state index >= 15 is 0 Å². The second kappa shape index (κ2) is 8.30. The van der Waals surface area contributed by atoms with E-state index in [9.17, 15) is 9.59 Å². The zero-order chi connectivity index (χ0) is 21.2. The standard InChI is InChI=1S/C25H26N4O2/c30-24(11-5-7-19-17-26-22-10-4-2-8-20(19)22)28-12-14-29(15-13-28)25(31)23-16-18-6-1-3-9-21(18)27-23/h1-4,6,8-10,16-17,26-27H,5,7,11-15H2. The fourth-order valence-corrected chi connectivity index (χ4v) is 4.44. The summed E-state index contributed by atoms with van der Waals surface area (Å²) in [4.78, 5) is 35.7. The molecule has 1 aliphatic heterocycles. The van der Waals surface area contributed by atoms with Gasteiger partial charge in [0.05, 0.1) is 0 Å². The van der Waals surface area contributed by atoms with Crippen LogP contribution in [0.25, 0.3) is 21.8 Å². The highest BCUT2D eigenvalue weighted by atomic mass is 16.2. The quantitative estimate of drug-likeness (QED) is 0.519. The lowest BCUT2D eigenvalue weighted by Gasteiger charge is -2.34. The fourth-order valence-electron chi connectivity index (χ4n) is 4.44. The molecule has 2 aromatic carbocycles. The smallest absolute Gasteiger partial charge is 0.270 e. The molecule has 31 heavy (non-hydrogen) atoms. The van der Waals surface area contributed by atoms with Gasteiger partial charge in [0.1, 0.15) is 5.69 Å². The van der Waals surface area contributed by atoms with Crippen molar-refractivity contribution in [1.29, 1.82) is 0 Å². The highest BCUT2D eigenvalue weighted by Crippen LogP contribution is 2.20. The fraction of sp³-hybridized carbons (Fsp3) is 0.280. The molecule has 6 heteroatoms. The molecule has 1 fully saturated rings. The molecule has 0 aliphatic carbocycles. The lowest BCUT2D eigenvalue weighted by atomic mass is 10.1. The number of para-hydroxylation sites is 2.